The monoisotopic (exact) mass is 291 g/mol. The van der Waals surface area contributed by atoms with Crippen LogP contribution in [0.4, 0.5) is 11.4 Å². The van der Waals surface area contributed by atoms with E-state index in [4.69, 9.17) is 22.1 Å². The maximum absolute atomic E-state index is 11.7. The highest BCUT2D eigenvalue weighted by Crippen LogP contribution is 2.18. The quantitative estimate of drug-likeness (QED) is 0.656. The van der Waals surface area contributed by atoms with Crippen LogP contribution in [-0.4, -0.2) is 17.5 Å². The second kappa shape index (κ2) is 6.77. The van der Waals surface area contributed by atoms with Crippen molar-refractivity contribution in [2.24, 2.45) is 0 Å². The average molecular weight is 292 g/mol. The van der Waals surface area contributed by atoms with E-state index in [1.54, 1.807) is 42.6 Å². The molecule has 0 spiro atoms. The lowest BCUT2D eigenvalue weighted by Crippen LogP contribution is -2.15. The summed E-state index contributed by atoms with van der Waals surface area (Å²) >= 11 is 5.84. The average Bonchev–Trinajstić information content (AvgIpc) is 2.41. The van der Waals surface area contributed by atoms with Crippen LogP contribution in [-0.2, 0) is 4.79 Å². The molecule has 0 aliphatic heterocycles. The van der Waals surface area contributed by atoms with Gasteiger partial charge in [0.15, 0.2) is 5.15 Å². The molecule has 0 saturated carbocycles. The van der Waals surface area contributed by atoms with Crippen LogP contribution in [0.25, 0.3) is 0 Å². The van der Waals surface area contributed by atoms with Gasteiger partial charge in [0, 0.05) is 18.0 Å². The second-order valence-electron chi connectivity index (χ2n) is 4.06. The Balaban J connectivity index is 1.80. The molecule has 1 heterocycles. The number of nitrogens with two attached hydrogens (primary N) is 1. The van der Waals surface area contributed by atoms with Crippen LogP contribution in [0.1, 0.15) is 6.42 Å². The van der Waals surface area contributed by atoms with Crippen molar-refractivity contribution in [2.45, 2.75) is 6.42 Å². The summed E-state index contributed by atoms with van der Waals surface area (Å²) in [5, 5.41) is 2.93. The Bertz CT molecular complexity index is 604. The molecule has 0 bridgehead atoms. The maximum atomic E-state index is 11.7. The minimum Gasteiger partial charge on any atom is -0.493 e. The molecule has 1 amide bonds. The summed E-state index contributed by atoms with van der Waals surface area (Å²) in [6, 6.07) is 10.4. The Morgan fingerprint density at radius 3 is 2.95 bits per heavy atom. The minimum atomic E-state index is -0.191. The summed E-state index contributed by atoms with van der Waals surface area (Å²) in [5.74, 6) is 0.445. The number of carbonyl (C=O) groups excluding carboxylic acids is 1. The Labute approximate surface area is 121 Å². The van der Waals surface area contributed by atoms with Gasteiger partial charge in [-0.2, -0.15) is 0 Å². The van der Waals surface area contributed by atoms with Crippen LogP contribution in [0.15, 0.2) is 42.6 Å². The smallest absolute Gasteiger partial charge is 0.227 e. The molecule has 104 valence electrons. The molecule has 0 fully saturated rings. The molecule has 0 unspecified atom stereocenters. The Hall–Kier alpha value is -2.27. The van der Waals surface area contributed by atoms with Gasteiger partial charge in [0.25, 0.3) is 0 Å². The fourth-order valence-corrected chi connectivity index (χ4v) is 1.72. The number of ether oxygens (including phenoxy) is 1. The van der Waals surface area contributed by atoms with Crippen LogP contribution in [0.3, 0.4) is 0 Å². The zero-order valence-electron chi connectivity index (χ0n) is 10.7. The van der Waals surface area contributed by atoms with Crippen molar-refractivity contribution in [1.82, 2.24) is 4.98 Å². The Morgan fingerprint density at radius 2 is 2.20 bits per heavy atom. The highest BCUT2D eigenvalue weighted by atomic mass is 35.5. The van der Waals surface area contributed by atoms with Crippen molar-refractivity contribution < 1.29 is 9.53 Å². The van der Waals surface area contributed by atoms with E-state index in [1.165, 1.54) is 0 Å². The molecule has 1 aromatic carbocycles. The van der Waals surface area contributed by atoms with Crippen LogP contribution in [0, 0.1) is 0 Å². The summed E-state index contributed by atoms with van der Waals surface area (Å²) in [4.78, 5) is 15.6. The molecule has 0 aliphatic rings. The normalized spacial score (nSPS) is 10.1. The number of benzene rings is 1. The third-order valence-corrected chi connectivity index (χ3v) is 2.79. The summed E-state index contributed by atoms with van der Waals surface area (Å²) in [6.45, 7) is 0.257. The van der Waals surface area contributed by atoms with Gasteiger partial charge in [0.1, 0.15) is 5.75 Å². The first-order chi connectivity index (χ1) is 9.65. The number of carbonyl (C=O) groups is 1. The molecule has 0 radical (unpaired) electrons. The van der Waals surface area contributed by atoms with E-state index in [0.29, 0.717) is 17.1 Å². The first-order valence-corrected chi connectivity index (χ1v) is 6.41. The van der Waals surface area contributed by atoms with Gasteiger partial charge >= 0.3 is 0 Å². The lowest BCUT2D eigenvalue weighted by Gasteiger charge is -2.08. The SMILES string of the molecule is Nc1cccc(OCCC(=O)Nc2cccnc2Cl)c1. The summed E-state index contributed by atoms with van der Waals surface area (Å²) < 4.78 is 5.44. The lowest BCUT2D eigenvalue weighted by atomic mass is 10.3. The number of pyridine rings is 1. The number of anilines is 2. The number of nitrogen functional groups attached to an aromatic ring is 1. The van der Waals surface area contributed by atoms with E-state index in [9.17, 15) is 4.79 Å². The number of rotatable bonds is 5. The van der Waals surface area contributed by atoms with Crippen LogP contribution in [0.2, 0.25) is 5.15 Å². The van der Waals surface area contributed by atoms with E-state index in [0.717, 1.165) is 0 Å². The van der Waals surface area contributed by atoms with Gasteiger partial charge in [-0.05, 0) is 24.3 Å². The number of nitrogens with one attached hydrogen (secondary N) is 1. The Kier molecular flexibility index (Phi) is 4.79. The van der Waals surface area contributed by atoms with Crippen molar-refractivity contribution >= 4 is 28.9 Å². The fourth-order valence-electron chi connectivity index (χ4n) is 1.56. The highest BCUT2D eigenvalue weighted by molar-refractivity contribution is 6.32. The lowest BCUT2D eigenvalue weighted by molar-refractivity contribution is -0.116. The van der Waals surface area contributed by atoms with Gasteiger partial charge in [-0.15, -0.1) is 0 Å². The molecule has 0 aliphatic carbocycles. The van der Waals surface area contributed by atoms with Gasteiger partial charge in [-0.25, -0.2) is 4.98 Å². The zero-order valence-corrected chi connectivity index (χ0v) is 11.4. The molecule has 5 nitrogen and oxygen atoms in total. The highest BCUT2D eigenvalue weighted by Gasteiger charge is 2.06. The third kappa shape index (κ3) is 4.13. The number of hydrogen-bond donors (Lipinski definition) is 2. The van der Waals surface area contributed by atoms with E-state index >= 15 is 0 Å². The molecule has 20 heavy (non-hydrogen) atoms. The van der Waals surface area contributed by atoms with Gasteiger partial charge in [-0.3, -0.25) is 4.79 Å². The van der Waals surface area contributed by atoms with Crippen LogP contribution < -0.4 is 15.8 Å². The van der Waals surface area contributed by atoms with E-state index in [-0.39, 0.29) is 24.1 Å². The van der Waals surface area contributed by atoms with Crippen molar-refractivity contribution in [3.8, 4) is 5.75 Å². The Morgan fingerprint density at radius 1 is 1.35 bits per heavy atom. The number of halogens is 1. The first-order valence-electron chi connectivity index (χ1n) is 6.04. The van der Waals surface area contributed by atoms with Crippen molar-refractivity contribution in [2.75, 3.05) is 17.7 Å². The van der Waals surface area contributed by atoms with Crippen LogP contribution >= 0.6 is 11.6 Å². The predicted octanol–water partition coefficient (Wildman–Crippen LogP) is 2.72. The molecular weight excluding hydrogens is 278 g/mol. The molecule has 3 N–H and O–H groups in total. The summed E-state index contributed by atoms with van der Waals surface area (Å²) in [7, 11) is 0. The van der Waals surface area contributed by atoms with Crippen molar-refractivity contribution in [1.29, 1.82) is 0 Å². The maximum Gasteiger partial charge on any atom is 0.227 e. The fraction of sp³-hybridized carbons (Fsp3) is 0.143. The van der Waals surface area contributed by atoms with Crippen molar-refractivity contribution in [3.63, 3.8) is 0 Å². The largest absolute Gasteiger partial charge is 0.493 e. The molecular formula is C14H14ClN3O2. The van der Waals surface area contributed by atoms with Gasteiger partial charge < -0.3 is 15.8 Å². The van der Waals surface area contributed by atoms with Crippen molar-refractivity contribution in [3.05, 3.63) is 47.7 Å². The standard InChI is InChI=1S/C14H14ClN3O2/c15-14-12(5-2-7-17-14)18-13(19)6-8-20-11-4-1-3-10(16)9-11/h1-5,7,9H,6,8,16H2,(H,18,19). The topological polar surface area (TPSA) is 77.2 Å². The molecule has 1 aromatic heterocycles. The van der Waals surface area contributed by atoms with Gasteiger partial charge in [0.05, 0.1) is 18.7 Å². The van der Waals surface area contributed by atoms with E-state index in [1.807, 2.05) is 0 Å². The number of nitrogens with zero attached hydrogens (tertiary/aromatic N) is 1. The summed E-state index contributed by atoms with van der Waals surface area (Å²) in [6.07, 6.45) is 1.76. The predicted molar refractivity (Wildman–Crippen MR) is 78.8 cm³/mol. The minimum absolute atomic E-state index is 0.191. The molecule has 0 saturated heterocycles. The second-order valence-corrected chi connectivity index (χ2v) is 4.42. The van der Waals surface area contributed by atoms with Gasteiger partial charge in [0.2, 0.25) is 5.91 Å². The first kappa shape index (κ1) is 14.1. The molecule has 2 aromatic rings. The molecule has 0 atom stereocenters. The third-order valence-electron chi connectivity index (χ3n) is 2.49. The zero-order chi connectivity index (χ0) is 14.4. The molecule has 6 heteroatoms. The van der Waals surface area contributed by atoms with Gasteiger partial charge in [-0.1, -0.05) is 17.7 Å². The summed E-state index contributed by atoms with van der Waals surface area (Å²) in [5.41, 5.74) is 6.74. The number of aromatic nitrogens is 1. The number of hydrogen-bond acceptors (Lipinski definition) is 4. The number of amides is 1. The van der Waals surface area contributed by atoms with Crippen LogP contribution in [0.5, 0.6) is 5.75 Å². The van der Waals surface area contributed by atoms with E-state index in [2.05, 4.69) is 10.3 Å². The van der Waals surface area contributed by atoms with E-state index < -0.39 is 0 Å². The molecule has 2 rings (SSSR count).